The summed E-state index contributed by atoms with van der Waals surface area (Å²) in [5.74, 6) is 4.49. The van der Waals surface area contributed by atoms with E-state index in [1.807, 2.05) is 48.5 Å². The van der Waals surface area contributed by atoms with E-state index in [2.05, 4.69) is 32.9 Å². The Labute approximate surface area is 216 Å². The van der Waals surface area contributed by atoms with Crippen LogP contribution in [-0.4, -0.2) is 51.4 Å². The fourth-order valence-corrected chi connectivity index (χ4v) is 4.45. The van der Waals surface area contributed by atoms with Gasteiger partial charge in [0.25, 0.3) is 5.56 Å². The van der Waals surface area contributed by atoms with E-state index in [9.17, 15) is 4.79 Å². The summed E-state index contributed by atoms with van der Waals surface area (Å²) in [6.45, 7) is 3.25. The zero-order valence-electron chi connectivity index (χ0n) is 20.9. The van der Waals surface area contributed by atoms with Crippen LogP contribution in [0, 0.1) is 18.3 Å². The van der Waals surface area contributed by atoms with Crippen molar-refractivity contribution in [1.29, 1.82) is 0 Å². The fraction of sp³-hybridized carbons (Fsp3) is 0.267. The molecule has 1 saturated heterocycles. The van der Waals surface area contributed by atoms with Crippen molar-refractivity contribution in [3.63, 3.8) is 0 Å². The number of benzene rings is 2. The number of terminal acetylenes is 1. The van der Waals surface area contributed by atoms with Gasteiger partial charge in [0.1, 0.15) is 0 Å². The molecule has 7 nitrogen and oxygen atoms in total. The van der Waals surface area contributed by atoms with Crippen LogP contribution in [0.5, 0.6) is 5.75 Å². The Bertz CT molecular complexity index is 1460. The van der Waals surface area contributed by atoms with Gasteiger partial charge in [0.05, 0.1) is 31.2 Å². The first-order chi connectivity index (χ1) is 18.1. The van der Waals surface area contributed by atoms with Crippen LogP contribution in [0.2, 0.25) is 0 Å². The lowest BCUT2D eigenvalue weighted by atomic mass is 9.98. The monoisotopic (exact) mass is 491 g/mol. The topological polar surface area (TPSA) is 73.1 Å². The molecule has 1 fully saturated rings. The van der Waals surface area contributed by atoms with Gasteiger partial charge >= 0.3 is 0 Å². The molecular weight excluding hydrogens is 462 g/mol. The second-order valence-electron chi connectivity index (χ2n) is 9.44. The molecule has 0 aliphatic carbocycles. The first-order valence-electron chi connectivity index (χ1n) is 12.5. The number of rotatable bonds is 7. The number of piperidine rings is 1. The van der Waals surface area contributed by atoms with Crippen LogP contribution in [0.15, 0.2) is 77.9 Å². The first-order valence-corrected chi connectivity index (χ1v) is 12.5. The van der Waals surface area contributed by atoms with Crippen LogP contribution in [0.4, 0.5) is 0 Å². The molecule has 2 aromatic heterocycles. The SMILES string of the molecule is C#Cc1cccc(-c2ccc(=O)n(Cc3cccc(-c4ncc(OCC5CCN(C)CC5)cn4)c3)n2)c1. The van der Waals surface area contributed by atoms with E-state index in [4.69, 9.17) is 11.2 Å². The van der Waals surface area contributed by atoms with E-state index < -0.39 is 0 Å². The van der Waals surface area contributed by atoms with Crippen molar-refractivity contribution in [2.24, 2.45) is 5.92 Å². The molecule has 0 saturated carbocycles. The molecule has 5 rings (SSSR count). The zero-order valence-corrected chi connectivity index (χ0v) is 20.9. The summed E-state index contributed by atoms with van der Waals surface area (Å²) in [6.07, 6.45) is 11.3. The van der Waals surface area contributed by atoms with Gasteiger partial charge in [-0.05, 0) is 68.7 Å². The molecule has 7 heteroatoms. The molecule has 4 aromatic rings. The second-order valence-corrected chi connectivity index (χ2v) is 9.44. The van der Waals surface area contributed by atoms with E-state index in [-0.39, 0.29) is 5.56 Å². The minimum atomic E-state index is -0.176. The lowest BCUT2D eigenvalue weighted by Gasteiger charge is -2.28. The Morgan fingerprint density at radius 1 is 1.00 bits per heavy atom. The smallest absolute Gasteiger partial charge is 0.267 e. The van der Waals surface area contributed by atoms with Gasteiger partial charge in [-0.2, -0.15) is 5.10 Å². The maximum absolute atomic E-state index is 12.5. The number of ether oxygens (including phenoxy) is 1. The van der Waals surface area contributed by atoms with E-state index >= 15 is 0 Å². The first kappa shape index (κ1) is 24.4. The Hall–Kier alpha value is -4.28. The highest BCUT2D eigenvalue weighted by atomic mass is 16.5. The molecule has 0 bridgehead atoms. The summed E-state index contributed by atoms with van der Waals surface area (Å²) in [6, 6.07) is 18.6. The average Bonchev–Trinajstić information content (AvgIpc) is 2.94. The van der Waals surface area contributed by atoms with Crippen LogP contribution >= 0.6 is 0 Å². The maximum atomic E-state index is 12.5. The lowest BCUT2D eigenvalue weighted by molar-refractivity contribution is 0.159. The molecule has 0 N–H and O–H groups in total. The summed E-state index contributed by atoms with van der Waals surface area (Å²) in [5, 5.41) is 4.58. The molecule has 3 heterocycles. The maximum Gasteiger partial charge on any atom is 0.267 e. The van der Waals surface area contributed by atoms with Crippen LogP contribution in [0.25, 0.3) is 22.6 Å². The quantitative estimate of drug-likeness (QED) is 0.362. The highest BCUT2D eigenvalue weighted by molar-refractivity contribution is 5.61. The van der Waals surface area contributed by atoms with Crippen molar-refractivity contribution in [2.75, 3.05) is 26.7 Å². The van der Waals surface area contributed by atoms with Gasteiger partial charge in [-0.3, -0.25) is 4.79 Å². The molecule has 1 aliphatic heterocycles. The van der Waals surface area contributed by atoms with Crippen LogP contribution in [-0.2, 0) is 6.54 Å². The lowest BCUT2D eigenvalue weighted by Crippen LogP contribution is -2.32. The van der Waals surface area contributed by atoms with Gasteiger partial charge in [-0.1, -0.05) is 36.3 Å². The van der Waals surface area contributed by atoms with Gasteiger partial charge in [0.2, 0.25) is 0 Å². The van der Waals surface area contributed by atoms with Gasteiger partial charge in [-0.15, -0.1) is 6.42 Å². The minimum Gasteiger partial charge on any atom is -0.490 e. The van der Waals surface area contributed by atoms with Crippen molar-refractivity contribution in [3.05, 3.63) is 94.5 Å². The van der Waals surface area contributed by atoms with Crippen molar-refractivity contribution in [2.45, 2.75) is 19.4 Å². The predicted octanol–water partition coefficient (Wildman–Crippen LogP) is 4.12. The normalized spacial score (nSPS) is 14.3. The van der Waals surface area contributed by atoms with Crippen molar-refractivity contribution in [1.82, 2.24) is 24.6 Å². The van der Waals surface area contributed by atoms with Crippen molar-refractivity contribution in [3.8, 4) is 40.7 Å². The number of hydrogen-bond donors (Lipinski definition) is 0. The summed E-state index contributed by atoms with van der Waals surface area (Å²) in [4.78, 5) is 23.9. The fourth-order valence-electron chi connectivity index (χ4n) is 4.45. The summed E-state index contributed by atoms with van der Waals surface area (Å²) in [5.41, 5.74) is 3.93. The summed E-state index contributed by atoms with van der Waals surface area (Å²) < 4.78 is 7.41. The highest BCUT2D eigenvalue weighted by Gasteiger charge is 2.17. The standard InChI is InChI=1S/C30H29N5O2/c1-3-22-6-4-8-25(16-22)28-10-11-29(36)35(33-28)20-24-7-5-9-26(17-24)30-31-18-27(19-32-30)37-21-23-12-14-34(2)15-13-23/h1,4-11,16-19,23H,12-15,20-21H2,2H3. The Morgan fingerprint density at radius 2 is 1.76 bits per heavy atom. The molecule has 2 aromatic carbocycles. The predicted molar refractivity (Wildman–Crippen MR) is 144 cm³/mol. The van der Waals surface area contributed by atoms with E-state index in [1.165, 1.54) is 10.7 Å². The van der Waals surface area contributed by atoms with Crippen LogP contribution < -0.4 is 10.3 Å². The Kier molecular flexibility index (Phi) is 7.38. The molecule has 0 radical (unpaired) electrons. The van der Waals surface area contributed by atoms with Crippen LogP contribution in [0.1, 0.15) is 24.0 Å². The summed E-state index contributed by atoms with van der Waals surface area (Å²) >= 11 is 0. The highest BCUT2D eigenvalue weighted by Crippen LogP contribution is 2.21. The average molecular weight is 492 g/mol. The van der Waals surface area contributed by atoms with Gasteiger partial charge < -0.3 is 9.64 Å². The second kappa shape index (κ2) is 11.2. The largest absolute Gasteiger partial charge is 0.490 e. The number of likely N-dealkylation sites (tertiary alicyclic amines) is 1. The van der Waals surface area contributed by atoms with E-state index in [1.54, 1.807) is 18.5 Å². The third kappa shape index (κ3) is 6.11. The molecule has 37 heavy (non-hydrogen) atoms. The van der Waals surface area contributed by atoms with Gasteiger partial charge in [0.15, 0.2) is 11.6 Å². The minimum absolute atomic E-state index is 0.176. The van der Waals surface area contributed by atoms with Gasteiger partial charge in [0, 0.05) is 22.8 Å². The van der Waals surface area contributed by atoms with Crippen molar-refractivity contribution < 1.29 is 4.74 Å². The van der Waals surface area contributed by atoms with Crippen molar-refractivity contribution >= 4 is 0 Å². The third-order valence-electron chi connectivity index (χ3n) is 6.66. The van der Waals surface area contributed by atoms with Gasteiger partial charge in [-0.25, -0.2) is 14.6 Å². The molecule has 0 atom stereocenters. The molecular formula is C30H29N5O2. The zero-order chi connectivity index (χ0) is 25.6. The Balaban J connectivity index is 1.28. The molecule has 186 valence electrons. The van der Waals surface area contributed by atoms with Crippen LogP contribution in [0.3, 0.4) is 0 Å². The third-order valence-corrected chi connectivity index (χ3v) is 6.66. The molecule has 1 aliphatic rings. The van der Waals surface area contributed by atoms with E-state index in [0.717, 1.165) is 48.2 Å². The number of aromatic nitrogens is 4. The number of nitrogens with zero attached hydrogens (tertiary/aromatic N) is 5. The molecule has 0 spiro atoms. The Morgan fingerprint density at radius 3 is 2.54 bits per heavy atom. The number of hydrogen-bond acceptors (Lipinski definition) is 6. The molecule has 0 unspecified atom stereocenters. The summed E-state index contributed by atoms with van der Waals surface area (Å²) in [7, 11) is 2.16. The molecule has 0 amide bonds. The van der Waals surface area contributed by atoms with E-state index in [0.29, 0.717) is 36.3 Å².